The van der Waals surface area contributed by atoms with Gasteiger partial charge in [-0.2, -0.15) is 0 Å². The van der Waals surface area contributed by atoms with E-state index in [4.69, 9.17) is 5.11 Å². The minimum absolute atomic E-state index is 0.141. The maximum absolute atomic E-state index is 11.3. The van der Waals surface area contributed by atoms with E-state index < -0.39 is 5.97 Å². The lowest BCUT2D eigenvalue weighted by atomic mass is 10.2. The summed E-state index contributed by atoms with van der Waals surface area (Å²) in [6.45, 7) is 2.14. The molecule has 1 aromatic rings. The smallest absolute Gasteiger partial charge is 0.356 e. The van der Waals surface area contributed by atoms with Gasteiger partial charge in [0.05, 0.1) is 0 Å². The van der Waals surface area contributed by atoms with Crippen molar-refractivity contribution in [3.63, 3.8) is 0 Å². The van der Waals surface area contributed by atoms with Crippen LogP contribution in [0.4, 0.5) is 5.13 Å². The van der Waals surface area contributed by atoms with E-state index in [1.807, 2.05) is 0 Å². The van der Waals surface area contributed by atoms with Gasteiger partial charge in [-0.15, -0.1) is 0 Å². The SMILES string of the molecule is CC(=O)c1sc(NCCCC2CC2)nc1C(=O)O. The number of carbonyl (C=O) groups is 2. The first-order valence-corrected chi connectivity index (χ1v) is 6.88. The molecule has 98 valence electrons. The van der Waals surface area contributed by atoms with Gasteiger partial charge >= 0.3 is 5.97 Å². The Hall–Kier alpha value is -1.43. The zero-order valence-electron chi connectivity index (χ0n) is 10.2. The van der Waals surface area contributed by atoms with Crippen LogP contribution < -0.4 is 5.32 Å². The molecule has 5 nitrogen and oxygen atoms in total. The number of carbonyl (C=O) groups excluding carboxylic acids is 1. The number of rotatable bonds is 7. The topological polar surface area (TPSA) is 79.3 Å². The summed E-state index contributed by atoms with van der Waals surface area (Å²) in [7, 11) is 0. The lowest BCUT2D eigenvalue weighted by molar-refractivity contribution is 0.0687. The van der Waals surface area contributed by atoms with E-state index in [9.17, 15) is 9.59 Å². The number of hydrogen-bond acceptors (Lipinski definition) is 5. The maximum Gasteiger partial charge on any atom is 0.356 e. The summed E-state index contributed by atoms with van der Waals surface area (Å²) in [5.74, 6) is -0.510. The normalized spacial score (nSPS) is 14.5. The fourth-order valence-corrected chi connectivity index (χ4v) is 2.65. The van der Waals surface area contributed by atoms with Gasteiger partial charge in [-0.1, -0.05) is 24.2 Å². The average molecular weight is 268 g/mol. The molecule has 18 heavy (non-hydrogen) atoms. The first-order valence-electron chi connectivity index (χ1n) is 6.07. The summed E-state index contributed by atoms with van der Waals surface area (Å²) in [5, 5.41) is 12.6. The minimum atomic E-state index is -1.15. The van der Waals surface area contributed by atoms with Gasteiger partial charge in [0.2, 0.25) is 0 Å². The molecule has 1 fully saturated rings. The molecule has 2 N–H and O–H groups in total. The predicted molar refractivity (Wildman–Crippen MR) is 69.5 cm³/mol. The first kappa shape index (κ1) is 13.0. The van der Waals surface area contributed by atoms with E-state index in [1.54, 1.807) is 0 Å². The summed E-state index contributed by atoms with van der Waals surface area (Å²) in [5.41, 5.74) is -0.141. The van der Waals surface area contributed by atoms with Crippen molar-refractivity contribution in [1.29, 1.82) is 0 Å². The molecule has 0 amide bonds. The first-order chi connectivity index (χ1) is 8.58. The van der Waals surface area contributed by atoms with Crippen LogP contribution in [0.15, 0.2) is 0 Å². The lowest BCUT2D eigenvalue weighted by Crippen LogP contribution is -2.05. The van der Waals surface area contributed by atoms with Crippen LogP contribution in [0.3, 0.4) is 0 Å². The fourth-order valence-electron chi connectivity index (χ4n) is 1.77. The van der Waals surface area contributed by atoms with Crippen molar-refractivity contribution in [1.82, 2.24) is 4.98 Å². The van der Waals surface area contributed by atoms with E-state index in [-0.39, 0.29) is 16.4 Å². The Morgan fingerprint density at radius 3 is 2.72 bits per heavy atom. The van der Waals surface area contributed by atoms with E-state index in [2.05, 4.69) is 10.3 Å². The van der Waals surface area contributed by atoms with E-state index in [0.29, 0.717) is 5.13 Å². The standard InChI is InChI=1S/C12H16N2O3S/c1-7(15)10-9(11(16)17)14-12(18-10)13-6-2-3-8-4-5-8/h8H,2-6H2,1H3,(H,13,14)(H,16,17). The fraction of sp³-hybridized carbons (Fsp3) is 0.583. The van der Waals surface area contributed by atoms with Crippen LogP contribution in [0.2, 0.25) is 0 Å². The molecule has 1 heterocycles. The molecule has 2 rings (SSSR count). The number of anilines is 1. The van der Waals surface area contributed by atoms with Gasteiger partial charge in [0.15, 0.2) is 16.6 Å². The number of nitrogens with zero attached hydrogens (tertiary/aromatic N) is 1. The summed E-state index contributed by atoms with van der Waals surface area (Å²) >= 11 is 1.12. The molecule has 0 unspecified atom stereocenters. The molecule has 0 saturated heterocycles. The van der Waals surface area contributed by atoms with Crippen molar-refractivity contribution in [3.05, 3.63) is 10.6 Å². The van der Waals surface area contributed by atoms with Gasteiger partial charge in [0, 0.05) is 13.5 Å². The summed E-state index contributed by atoms with van der Waals surface area (Å²) in [4.78, 5) is 26.4. The van der Waals surface area contributed by atoms with Crippen LogP contribution in [-0.2, 0) is 0 Å². The number of thiazole rings is 1. The second-order valence-corrected chi connectivity index (χ2v) is 5.57. The Bertz CT molecular complexity index is 434. The molecule has 0 atom stereocenters. The van der Waals surface area contributed by atoms with Crippen LogP contribution >= 0.6 is 11.3 Å². The zero-order valence-corrected chi connectivity index (χ0v) is 11.0. The Morgan fingerprint density at radius 1 is 1.50 bits per heavy atom. The number of carboxylic acids is 1. The largest absolute Gasteiger partial charge is 0.476 e. The van der Waals surface area contributed by atoms with E-state index in [0.717, 1.165) is 30.2 Å². The van der Waals surface area contributed by atoms with E-state index in [1.165, 1.54) is 26.2 Å². The minimum Gasteiger partial charge on any atom is -0.476 e. The Morgan fingerprint density at radius 2 is 2.22 bits per heavy atom. The van der Waals surface area contributed by atoms with Crippen LogP contribution in [-0.4, -0.2) is 28.4 Å². The highest BCUT2D eigenvalue weighted by atomic mass is 32.1. The number of hydrogen-bond donors (Lipinski definition) is 2. The zero-order chi connectivity index (χ0) is 13.1. The molecule has 0 aliphatic heterocycles. The van der Waals surface area contributed by atoms with Crippen molar-refractivity contribution in [2.24, 2.45) is 5.92 Å². The number of aromatic carboxylic acids is 1. The van der Waals surface area contributed by atoms with Crippen LogP contribution in [0.5, 0.6) is 0 Å². The molecule has 0 radical (unpaired) electrons. The molecular formula is C12H16N2O3S. The second kappa shape index (κ2) is 5.48. The number of aromatic nitrogens is 1. The van der Waals surface area contributed by atoms with Crippen molar-refractivity contribution >= 4 is 28.2 Å². The molecule has 0 bridgehead atoms. The monoisotopic (exact) mass is 268 g/mol. The highest BCUT2D eigenvalue weighted by Crippen LogP contribution is 2.33. The summed E-state index contributed by atoms with van der Waals surface area (Å²) < 4.78 is 0. The third kappa shape index (κ3) is 3.29. The van der Waals surface area contributed by atoms with E-state index >= 15 is 0 Å². The van der Waals surface area contributed by atoms with Gasteiger partial charge in [0.1, 0.15) is 4.88 Å². The van der Waals surface area contributed by atoms with Gasteiger partial charge in [-0.25, -0.2) is 9.78 Å². The number of nitrogens with one attached hydrogen (secondary N) is 1. The molecule has 1 aliphatic rings. The Labute approximate surface area is 109 Å². The number of ketones is 1. The number of carboxylic acid groups (broad SMARTS) is 1. The quantitative estimate of drug-likeness (QED) is 0.587. The molecule has 0 aromatic carbocycles. The van der Waals surface area contributed by atoms with Crippen molar-refractivity contribution in [2.75, 3.05) is 11.9 Å². The van der Waals surface area contributed by atoms with Gasteiger partial charge in [0.25, 0.3) is 0 Å². The molecule has 1 aliphatic carbocycles. The van der Waals surface area contributed by atoms with Gasteiger partial charge < -0.3 is 10.4 Å². The third-order valence-electron chi connectivity index (χ3n) is 2.91. The molecule has 1 saturated carbocycles. The van der Waals surface area contributed by atoms with Gasteiger partial charge in [-0.3, -0.25) is 4.79 Å². The summed E-state index contributed by atoms with van der Waals surface area (Å²) in [6.07, 6.45) is 4.95. The van der Waals surface area contributed by atoms with Crippen LogP contribution in [0.1, 0.15) is 52.8 Å². The lowest BCUT2D eigenvalue weighted by Gasteiger charge is -2.00. The molecule has 0 spiro atoms. The molecule has 6 heteroatoms. The Kier molecular flexibility index (Phi) is 3.96. The number of Topliss-reactive ketones (excluding diaryl/α,β-unsaturated/α-hetero) is 1. The van der Waals surface area contributed by atoms with Gasteiger partial charge in [-0.05, 0) is 18.8 Å². The van der Waals surface area contributed by atoms with Crippen LogP contribution in [0, 0.1) is 5.92 Å². The maximum atomic E-state index is 11.3. The van der Waals surface area contributed by atoms with Crippen molar-refractivity contribution < 1.29 is 14.7 Å². The van der Waals surface area contributed by atoms with Crippen molar-refractivity contribution in [3.8, 4) is 0 Å². The third-order valence-corrected chi connectivity index (χ3v) is 4.03. The Balaban J connectivity index is 1.92. The predicted octanol–water partition coefficient (Wildman–Crippen LogP) is 2.65. The summed E-state index contributed by atoms with van der Waals surface area (Å²) in [6, 6.07) is 0. The molecular weight excluding hydrogens is 252 g/mol. The highest BCUT2D eigenvalue weighted by molar-refractivity contribution is 7.17. The second-order valence-electron chi connectivity index (χ2n) is 4.57. The molecule has 1 aromatic heterocycles. The van der Waals surface area contributed by atoms with Crippen LogP contribution in [0.25, 0.3) is 0 Å². The van der Waals surface area contributed by atoms with Crippen molar-refractivity contribution in [2.45, 2.75) is 32.6 Å². The average Bonchev–Trinajstić information content (AvgIpc) is 3.02. The highest BCUT2D eigenvalue weighted by Gasteiger charge is 2.21.